The molecule has 0 aliphatic rings. The third-order valence-corrected chi connectivity index (χ3v) is 5.49. The van der Waals surface area contributed by atoms with Crippen LogP contribution in [0.25, 0.3) is 0 Å². The maximum Gasteiger partial charge on any atom is 0.0742 e. The Morgan fingerprint density at radius 2 is 1.53 bits per heavy atom. The van der Waals surface area contributed by atoms with Crippen molar-refractivity contribution in [3.63, 3.8) is 0 Å². The van der Waals surface area contributed by atoms with Crippen LogP contribution in [0.4, 0.5) is 0 Å². The second kappa shape index (κ2) is 9.57. The highest BCUT2D eigenvalue weighted by atomic mass is 79.9. The Morgan fingerprint density at radius 1 is 0.941 bits per heavy atom. The lowest BCUT2D eigenvalue weighted by atomic mass is 10.1. The Bertz CT molecular complexity index is 307. The van der Waals surface area contributed by atoms with Crippen molar-refractivity contribution in [2.45, 2.75) is 64.7 Å². The quantitative estimate of drug-likeness (QED) is 0.405. The lowest BCUT2D eigenvalue weighted by molar-refractivity contribution is 0.575. The molecular formula is C14H22Br2S. The first-order valence-corrected chi connectivity index (χ1v) is 9.08. The van der Waals surface area contributed by atoms with Gasteiger partial charge in [-0.05, 0) is 56.3 Å². The van der Waals surface area contributed by atoms with E-state index in [4.69, 9.17) is 0 Å². The van der Waals surface area contributed by atoms with Gasteiger partial charge in [0.1, 0.15) is 0 Å². The van der Waals surface area contributed by atoms with Gasteiger partial charge in [-0.2, -0.15) is 0 Å². The summed E-state index contributed by atoms with van der Waals surface area (Å²) in [6, 6.07) is 2.25. The SMILES string of the molecule is CCCCCCCCCCc1cc(Br)sc1Br. The maximum atomic E-state index is 3.62. The summed E-state index contributed by atoms with van der Waals surface area (Å²) in [7, 11) is 0. The predicted octanol–water partition coefficient (Wildman–Crippen LogP) is 6.96. The smallest absolute Gasteiger partial charge is 0.0742 e. The molecule has 0 atom stereocenters. The topological polar surface area (TPSA) is 0 Å². The van der Waals surface area contributed by atoms with Gasteiger partial charge in [0.15, 0.2) is 0 Å². The Labute approximate surface area is 126 Å². The van der Waals surface area contributed by atoms with Gasteiger partial charge in [-0.25, -0.2) is 0 Å². The highest BCUT2D eigenvalue weighted by Gasteiger charge is 2.04. The number of hydrogen-bond donors (Lipinski definition) is 0. The molecule has 1 rings (SSSR count). The Kier molecular flexibility index (Phi) is 8.85. The van der Waals surface area contributed by atoms with E-state index in [2.05, 4.69) is 44.8 Å². The van der Waals surface area contributed by atoms with Gasteiger partial charge in [0.2, 0.25) is 0 Å². The van der Waals surface area contributed by atoms with Gasteiger partial charge in [-0.3, -0.25) is 0 Å². The number of rotatable bonds is 9. The lowest BCUT2D eigenvalue weighted by Gasteiger charge is -2.01. The molecule has 0 nitrogen and oxygen atoms in total. The number of unbranched alkanes of at least 4 members (excludes halogenated alkanes) is 7. The highest BCUT2D eigenvalue weighted by molar-refractivity contribution is 9.12. The fourth-order valence-electron chi connectivity index (χ4n) is 1.99. The monoisotopic (exact) mass is 380 g/mol. The maximum absolute atomic E-state index is 3.62. The van der Waals surface area contributed by atoms with Crippen molar-refractivity contribution in [1.82, 2.24) is 0 Å². The first-order valence-electron chi connectivity index (χ1n) is 6.67. The van der Waals surface area contributed by atoms with Crippen molar-refractivity contribution in [2.75, 3.05) is 0 Å². The largest absolute Gasteiger partial charge is 0.121 e. The zero-order valence-corrected chi connectivity index (χ0v) is 14.6. The minimum absolute atomic E-state index is 1.22. The average molecular weight is 382 g/mol. The van der Waals surface area contributed by atoms with Gasteiger partial charge >= 0.3 is 0 Å². The van der Waals surface area contributed by atoms with Crippen LogP contribution in [-0.2, 0) is 6.42 Å². The van der Waals surface area contributed by atoms with Crippen LogP contribution in [0.1, 0.15) is 63.9 Å². The van der Waals surface area contributed by atoms with E-state index >= 15 is 0 Å². The van der Waals surface area contributed by atoms with E-state index < -0.39 is 0 Å². The van der Waals surface area contributed by atoms with E-state index in [1.54, 1.807) is 11.3 Å². The van der Waals surface area contributed by atoms with Crippen LogP contribution in [0, 0.1) is 0 Å². The van der Waals surface area contributed by atoms with E-state index in [-0.39, 0.29) is 0 Å². The van der Waals surface area contributed by atoms with Crippen LogP contribution < -0.4 is 0 Å². The van der Waals surface area contributed by atoms with Crippen LogP contribution >= 0.6 is 43.2 Å². The minimum atomic E-state index is 1.22. The molecule has 0 saturated heterocycles. The molecule has 0 spiro atoms. The summed E-state index contributed by atoms with van der Waals surface area (Å²) in [6.07, 6.45) is 12.4. The molecule has 0 unspecified atom stereocenters. The summed E-state index contributed by atoms with van der Waals surface area (Å²) < 4.78 is 2.53. The van der Waals surface area contributed by atoms with Crippen molar-refractivity contribution in [3.8, 4) is 0 Å². The molecule has 1 aromatic heterocycles. The fraction of sp³-hybridized carbons (Fsp3) is 0.714. The average Bonchev–Trinajstić information content (AvgIpc) is 2.61. The molecule has 0 N–H and O–H groups in total. The second-order valence-electron chi connectivity index (χ2n) is 4.57. The summed E-state index contributed by atoms with van der Waals surface area (Å²) in [4.78, 5) is 0. The molecule has 0 radical (unpaired) electrons. The second-order valence-corrected chi connectivity index (χ2v) is 8.32. The van der Waals surface area contributed by atoms with Crippen LogP contribution in [0.3, 0.4) is 0 Å². The van der Waals surface area contributed by atoms with Crippen molar-refractivity contribution >= 4 is 43.2 Å². The van der Waals surface area contributed by atoms with E-state index in [0.29, 0.717) is 0 Å². The van der Waals surface area contributed by atoms with E-state index in [9.17, 15) is 0 Å². The molecule has 0 fully saturated rings. The third kappa shape index (κ3) is 6.97. The number of aryl methyl sites for hydroxylation is 1. The van der Waals surface area contributed by atoms with Crippen molar-refractivity contribution in [3.05, 3.63) is 19.2 Å². The van der Waals surface area contributed by atoms with E-state index in [0.717, 1.165) is 0 Å². The molecular weight excluding hydrogens is 360 g/mol. The third-order valence-electron chi connectivity index (χ3n) is 3.03. The summed E-state index contributed by atoms with van der Waals surface area (Å²) in [5.41, 5.74) is 1.47. The predicted molar refractivity (Wildman–Crippen MR) is 86.0 cm³/mol. The molecule has 17 heavy (non-hydrogen) atoms. The molecule has 0 saturated carbocycles. The van der Waals surface area contributed by atoms with Crippen LogP contribution in [-0.4, -0.2) is 0 Å². The summed E-state index contributed by atoms with van der Waals surface area (Å²) >= 11 is 8.93. The lowest BCUT2D eigenvalue weighted by Crippen LogP contribution is -1.85. The van der Waals surface area contributed by atoms with Crippen molar-refractivity contribution in [2.24, 2.45) is 0 Å². The normalized spacial score (nSPS) is 11.0. The van der Waals surface area contributed by atoms with E-state index in [1.807, 2.05) is 0 Å². The molecule has 1 heterocycles. The molecule has 0 aromatic carbocycles. The molecule has 98 valence electrons. The van der Waals surface area contributed by atoms with Crippen molar-refractivity contribution in [1.29, 1.82) is 0 Å². The van der Waals surface area contributed by atoms with Gasteiger partial charge in [-0.1, -0.05) is 51.9 Å². The molecule has 0 bridgehead atoms. The standard InChI is InChI=1S/C14H22Br2S/c1-2-3-4-5-6-7-8-9-10-12-11-13(15)17-14(12)16/h11H,2-10H2,1H3. The molecule has 1 aromatic rings. The minimum Gasteiger partial charge on any atom is -0.121 e. The molecule has 0 aliphatic heterocycles. The Hall–Kier alpha value is 0.660. The zero-order chi connectivity index (χ0) is 12.5. The van der Waals surface area contributed by atoms with Gasteiger partial charge in [0.05, 0.1) is 7.57 Å². The highest BCUT2D eigenvalue weighted by Crippen LogP contribution is 2.32. The van der Waals surface area contributed by atoms with Crippen LogP contribution in [0.2, 0.25) is 0 Å². The van der Waals surface area contributed by atoms with Crippen LogP contribution in [0.15, 0.2) is 13.6 Å². The summed E-state index contributed by atoms with van der Waals surface area (Å²) in [5.74, 6) is 0. The van der Waals surface area contributed by atoms with E-state index in [1.165, 1.54) is 70.9 Å². The van der Waals surface area contributed by atoms with Crippen LogP contribution in [0.5, 0.6) is 0 Å². The van der Waals surface area contributed by atoms with Gasteiger partial charge in [0, 0.05) is 0 Å². The summed E-state index contributed by atoms with van der Waals surface area (Å²) in [6.45, 7) is 2.27. The molecule has 3 heteroatoms. The first kappa shape index (κ1) is 15.7. The first-order chi connectivity index (χ1) is 8.24. The zero-order valence-electron chi connectivity index (χ0n) is 10.6. The summed E-state index contributed by atoms with van der Waals surface area (Å²) in [5, 5.41) is 0. The van der Waals surface area contributed by atoms with Gasteiger partial charge < -0.3 is 0 Å². The Balaban J connectivity index is 1.99. The fourth-order valence-corrected chi connectivity index (χ4v) is 4.91. The molecule has 0 aliphatic carbocycles. The van der Waals surface area contributed by atoms with Gasteiger partial charge in [-0.15, -0.1) is 11.3 Å². The van der Waals surface area contributed by atoms with Crippen molar-refractivity contribution < 1.29 is 0 Å². The number of hydrogen-bond acceptors (Lipinski definition) is 1. The Morgan fingerprint density at radius 3 is 2.06 bits per heavy atom. The molecule has 0 amide bonds. The number of thiophene rings is 1. The number of halogens is 2. The van der Waals surface area contributed by atoms with Gasteiger partial charge in [0.25, 0.3) is 0 Å².